The van der Waals surface area contributed by atoms with E-state index in [1.807, 2.05) is 4.98 Å². The Kier molecular flexibility index (Phi) is 2.04. The molecule has 64 valence electrons. The Hall–Kier alpha value is -1.92. The van der Waals surface area contributed by atoms with Gasteiger partial charge in [0, 0.05) is 0 Å². The van der Waals surface area contributed by atoms with Gasteiger partial charge in [0.05, 0.1) is 0 Å². The van der Waals surface area contributed by atoms with E-state index in [2.05, 4.69) is 4.98 Å². The summed E-state index contributed by atoms with van der Waals surface area (Å²) in [4.78, 5) is 36.3. The lowest BCUT2D eigenvalue weighted by Gasteiger charge is -1.96. The Morgan fingerprint density at radius 2 is 2.33 bits per heavy atom. The van der Waals surface area contributed by atoms with Gasteiger partial charge in [-0.25, -0.2) is 9.59 Å². The second-order valence-electron chi connectivity index (χ2n) is 2.00. The highest BCUT2D eigenvalue weighted by Gasteiger charge is 2.01. The Morgan fingerprint density at radius 1 is 1.67 bits per heavy atom. The maximum Gasteiger partial charge on any atom is 0.350 e. The summed E-state index contributed by atoms with van der Waals surface area (Å²) in [5, 5.41) is 8.28. The smallest absolute Gasteiger partial charge is 0.350 e. The molecule has 1 aromatic rings. The van der Waals surface area contributed by atoms with Gasteiger partial charge in [-0.15, -0.1) is 0 Å². The molecule has 1 rings (SSSR count). The third kappa shape index (κ3) is 1.78. The zero-order valence-corrected chi connectivity index (χ0v) is 5.85. The highest BCUT2D eigenvalue weighted by molar-refractivity contribution is 5.66. The molecule has 0 aliphatic carbocycles. The maximum absolute atomic E-state index is 10.8. The van der Waals surface area contributed by atoms with E-state index in [4.69, 9.17) is 5.11 Å². The Balaban J connectivity index is 3.10. The molecule has 1 aromatic heterocycles. The normalized spacial score (nSPS) is 9.67. The third-order valence-corrected chi connectivity index (χ3v) is 1.09. The zero-order chi connectivity index (χ0) is 9.14. The standard InChI is InChI=1S/C5H5N3O4/c9-3(10)1-8-2-6-4(11)7-5(8)12/h2H,1H2,(H,9,10)(H,7,11,12). The summed E-state index contributed by atoms with van der Waals surface area (Å²) in [6, 6.07) is 0. The van der Waals surface area contributed by atoms with E-state index in [1.54, 1.807) is 0 Å². The van der Waals surface area contributed by atoms with E-state index in [-0.39, 0.29) is 0 Å². The van der Waals surface area contributed by atoms with E-state index in [9.17, 15) is 14.4 Å². The minimum absolute atomic E-state index is 0.511. The van der Waals surface area contributed by atoms with Crippen LogP contribution in [-0.2, 0) is 11.3 Å². The van der Waals surface area contributed by atoms with Crippen LogP contribution in [0.1, 0.15) is 0 Å². The molecule has 0 spiro atoms. The largest absolute Gasteiger partial charge is 0.480 e. The molecular weight excluding hydrogens is 166 g/mol. The first-order valence-electron chi connectivity index (χ1n) is 2.97. The fraction of sp³-hybridized carbons (Fsp3) is 0.200. The van der Waals surface area contributed by atoms with Crippen molar-refractivity contribution in [1.29, 1.82) is 0 Å². The van der Waals surface area contributed by atoms with Gasteiger partial charge < -0.3 is 5.11 Å². The van der Waals surface area contributed by atoms with E-state index >= 15 is 0 Å². The third-order valence-electron chi connectivity index (χ3n) is 1.09. The van der Waals surface area contributed by atoms with Gasteiger partial charge in [0.15, 0.2) is 0 Å². The van der Waals surface area contributed by atoms with Crippen LogP contribution in [0.3, 0.4) is 0 Å². The number of carbonyl (C=O) groups is 1. The Labute approximate surface area is 65.3 Å². The summed E-state index contributed by atoms with van der Waals surface area (Å²) in [5.41, 5.74) is -1.57. The van der Waals surface area contributed by atoms with Gasteiger partial charge in [-0.1, -0.05) is 0 Å². The lowest BCUT2D eigenvalue weighted by Crippen LogP contribution is -2.32. The van der Waals surface area contributed by atoms with Crippen LogP contribution in [0, 0.1) is 0 Å². The van der Waals surface area contributed by atoms with Crippen molar-refractivity contribution in [2.45, 2.75) is 6.54 Å². The van der Waals surface area contributed by atoms with Crippen LogP contribution in [0.5, 0.6) is 0 Å². The number of aromatic amines is 1. The highest BCUT2D eigenvalue weighted by Crippen LogP contribution is 1.72. The fourth-order valence-corrected chi connectivity index (χ4v) is 0.628. The van der Waals surface area contributed by atoms with Gasteiger partial charge in [0.25, 0.3) is 0 Å². The van der Waals surface area contributed by atoms with Crippen molar-refractivity contribution in [3.8, 4) is 0 Å². The predicted octanol–water partition coefficient (Wildman–Crippen LogP) is -1.98. The molecule has 0 saturated carbocycles. The van der Waals surface area contributed by atoms with Gasteiger partial charge >= 0.3 is 17.3 Å². The molecule has 0 unspecified atom stereocenters. The topological polar surface area (TPSA) is 105 Å². The summed E-state index contributed by atoms with van der Waals surface area (Å²) < 4.78 is 0.781. The van der Waals surface area contributed by atoms with Gasteiger partial charge in [0.1, 0.15) is 12.9 Å². The number of rotatable bonds is 2. The molecule has 0 amide bonds. The molecule has 0 aliphatic heterocycles. The molecule has 7 nitrogen and oxygen atoms in total. The molecule has 2 N–H and O–H groups in total. The second-order valence-corrected chi connectivity index (χ2v) is 2.00. The van der Waals surface area contributed by atoms with E-state index in [0.29, 0.717) is 0 Å². The zero-order valence-electron chi connectivity index (χ0n) is 5.85. The lowest BCUT2D eigenvalue weighted by molar-refractivity contribution is -0.137. The van der Waals surface area contributed by atoms with Crippen LogP contribution in [0.25, 0.3) is 0 Å². The van der Waals surface area contributed by atoms with E-state index in [0.717, 1.165) is 10.9 Å². The predicted molar refractivity (Wildman–Crippen MR) is 36.8 cm³/mol. The summed E-state index contributed by atoms with van der Waals surface area (Å²) in [6.07, 6.45) is 0.884. The van der Waals surface area contributed by atoms with Crippen molar-refractivity contribution in [3.05, 3.63) is 27.3 Å². The molecule has 7 heteroatoms. The minimum atomic E-state index is -1.18. The number of carboxylic acids is 1. The van der Waals surface area contributed by atoms with Crippen molar-refractivity contribution in [1.82, 2.24) is 14.5 Å². The molecule has 0 fully saturated rings. The summed E-state index contributed by atoms with van der Waals surface area (Å²) in [6.45, 7) is -0.511. The van der Waals surface area contributed by atoms with Gasteiger partial charge in [-0.3, -0.25) is 14.3 Å². The molecular formula is C5H5N3O4. The quantitative estimate of drug-likeness (QED) is 0.536. The number of H-pyrrole nitrogens is 1. The summed E-state index contributed by atoms with van der Waals surface area (Å²) >= 11 is 0. The highest BCUT2D eigenvalue weighted by atomic mass is 16.4. The number of nitrogens with one attached hydrogen (secondary N) is 1. The van der Waals surface area contributed by atoms with Crippen LogP contribution in [-0.4, -0.2) is 25.6 Å². The van der Waals surface area contributed by atoms with Crippen LogP contribution < -0.4 is 11.4 Å². The van der Waals surface area contributed by atoms with Crippen molar-refractivity contribution >= 4 is 5.97 Å². The number of hydrogen-bond donors (Lipinski definition) is 2. The molecule has 1 heterocycles. The molecule has 0 aliphatic rings. The van der Waals surface area contributed by atoms with Gasteiger partial charge in [-0.05, 0) is 0 Å². The van der Waals surface area contributed by atoms with Crippen molar-refractivity contribution < 1.29 is 9.90 Å². The molecule has 12 heavy (non-hydrogen) atoms. The SMILES string of the molecule is O=C(O)Cn1cnc(=O)[nH]c1=O. The maximum atomic E-state index is 10.8. The summed E-state index contributed by atoms with van der Waals surface area (Å²) in [5.74, 6) is -1.18. The van der Waals surface area contributed by atoms with Crippen molar-refractivity contribution in [2.75, 3.05) is 0 Å². The first-order chi connectivity index (χ1) is 5.59. The number of nitrogens with zero attached hydrogens (tertiary/aromatic N) is 2. The number of carboxylic acid groups (broad SMARTS) is 1. The van der Waals surface area contributed by atoms with Crippen LogP contribution in [0.15, 0.2) is 15.9 Å². The average Bonchev–Trinajstić information content (AvgIpc) is 1.94. The van der Waals surface area contributed by atoms with Crippen LogP contribution in [0.2, 0.25) is 0 Å². The number of aromatic nitrogens is 3. The summed E-state index contributed by atoms with van der Waals surface area (Å²) in [7, 11) is 0. The monoisotopic (exact) mass is 171 g/mol. The fourth-order valence-electron chi connectivity index (χ4n) is 0.628. The first-order valence-corrected chi connectivity index (χ1v) is 2.97. The lowest BCUT2D eigenvalue weighted by atomic mass is 10.6. The van der Waals surface area contributed by atoms with Gasteiger partial charge in [0.2, 0.25) is 0 Å². The molecule has 0 saturated heterocycles. The van der Waals surface area contributed by atoms with Crippen molar-refractivity contribution in [3.63, 3.8) is 0 Å². The Morgan fingerprint density at radius 3 is 2.83 bits per heavy atom. The molecule has 0 radical (unpaired) electrons. The Bertz CT molecular complexity index is 404. The number of hydrogen-bond acceptors (Lipinski definition) is 4. The first kappa shape index (κ1) is 8.18. The minimum Gasteiger partial charge on any atom is -0.480 e. The molecule has 0 atom stereocenters. The average molecular weight is 171 g/mol. The van der Waals surface area contributed by atoms with Gasteiger partial charge in [-0.2, -0.15) is 4.98 Å². The number of aliphatic carboxylic acids is 1. The molecule has 0 bridgehead atoms. The van der Waals surface area contributed by atoms with Crippen LogP contribution >= 0.6 is 0 Å². The van der Waals surface area contributed by atoms with E-state index < -0.39 is 23.9 Å². The second kappa shape index (κ2) is 2.99. The van der Waals surface area contributed by atoms with Crippen molar-refractivity contribution in [2.24, 2.45) is 0 Å². The van der Waals surface area contributed by atoms with Crippen LogP contribution in [0.4, 0.5) is 0 Å². The van der Waals surface area contributed by atoms with E-state index in [1.165, 1.54) is 0 Å². The molecule has 0 aromatic carbocycles.